The molecule has 0 aromatic heterocycles. The number of carbonyl (C=O) groups is 2. The summed E-state index contributed by atoms with van der Waals surface area (Å²) in [6.07, 6.45) is 1.09. The van der Waals surface area contributed by atoms with Gasteiger partial charge >= 0.3 is 0 Å². The number of fused-ring (bicyclic) bond motifs is 1. The van der Waals surface area contributed by atoms with Crippen molar-refractivity contribution in [3.8, 4) is 0 Å². The number of anilines is 2. The average Bonchev–Trinajstić information content (AvgIpc) is 2.71. The van der Waals surface area contributed by atoms with Gasteiger partial charge in [0, 0.05) is 43.5 Å². The van der Waals surface area contributed by atoms with Gasteiger partial charge in [-0.15, -0.1) is 0 Å². The smallest absolute Gasteiger partial charge is 0.255 e. The number of rotatable bonds is 6. The Morgan fingerprint density at radius 2 is 1.72 bits per heavy atom. The zero-order chi connectivity index (χ0) is 21.2. The van der Waals surface area contributed by atoms with Crippen LogP contribution in [-0.2, 0) is 21.2 Å². The number of benzene rings is 2. The molecule has 0 unspecified atom stereocenters. The number of hydrogen-bond acceptors (Lipinski definition) is 4. The Kier molecular flexibility index (Phi) is 6.04. The standard InChI is InChI=1S/C21H25N3O4S/c1-4-24(5-2)29(27,28)18-10-6-15(7-11-18)21(26)22-17-9-12-19-16(14-17)8-13-20(25)23(19)3/h6-7,9-12,14H,4-5,8,13H2,1-3H3,(H,22,26). The van der Waals surface area contributed by atoms with Crippen molar-refractivity contribution in [1.29, 1.82) is 0 Å². The van der Waals surface area contributed by atoms with Crippen molar-refractivity contribution in [2.24, 2.45) is 0 Å². The summed E-state index contributed by atoms with van der Waals surface area (Å²) in [5.41, 5.74) is 2.86. The normalized spacial score (nSPS) is 14.1. The summed E-state index contributed by atoms with van der Waals surface area (Å²) in [6, 6.07) is 11.4. The van der Waals surface area contributed by atoms with E-state index in [4.69, 9.17) is 0 Å². The first kappa shape index (κ1) is 21.0. The summed E-state index contributed by atoms with van der Waals surface area (Å²) in [7, 11) is -1.81. The minimum atomic E-state index is -3.55. The van der Waals surface area contributed by atoms with Crippen LogP contribution in [0.25, 0.3) is 0 Å². The summed E-state index contributed by atoms with van der Waals surface area (Å²) in [4.78, 5) is 26.2. The van der Waals surface area contributed by atoms with Crippen molar-refractivity contribution in [3.05, 3.63) is 53.6 Å². The largest absolute Gasteiger partial charge is 0.322 e. The first-order valence-corrected chi connectivity index (χ1v) is 11.0. The van der Waals surface area contributed by atoms with Crippen LogP contribution in [0.3, 0.4) is 0 Å². The van der Waals surface area contributed by atoms with Crippen molar-refractivity contribution in [1.82, 2.24) is 4.31 Å². The molecule has 0 saturated carbocycles. The van der Waals surface area contributed by atoms with Gasteiger partial charge in [0.05, 0.1) is 4.90 Å². The lowest BCUT2D eigenvalue weighted by Crippen LogP contribution is -2.31. The zero-order valence-electron chi connectivity index (χ0n) is 16.8. The molecule has 0 radical (unpaired) electrons. The van der Waals surface area contributed by atoms with Crippen molar-refractivity contribution in [2.45, 2.75) is 31.6 Å². The fourth-order valence-electron chi connectivity index (χ4n) is 3.43. The van der Waals surface area contributed by atoms with Gasteiger partial charge in [0.25, 0.3) is 5.91 Å². The highest BCUT2D eigenvalue weighted by Gasteiger charge is 2.23. The average molecular weight is 416 g/mol. The van der Waals surface area contributed by atoms with E-state index in [2.05, 4.69) is 5.32 Å². The Bertz CT molecular complexity index is 1030. The minimum absolute atomic E-state index is 0.0778. The van der Waals surface area contributed by atoms with Crippen molar-refractivity contribution in [2.75, 3.05) is 30.4 Å². The topological polar surface area (TPSA) is 86.8 Å². The van der Waals surface area contributed by atoms with Crippen molar-refractivity contribution >= 4 is 33.2 Å². The van der Waals surface area contributed by atoms with Crippen molar-refractivity contribution < 1.29 is 18.0 Å². The van der Waals surface area contributed by atoms with E-state index >= 15 is 0 Å². The van der Waals surface area contributed by atoms with Crippen LogP contribution in [0.1, 0.15) is 36.2 Å². The zero-order valence-corrected chi connectivity index (χ0v) is 17.6. The molecule has 3 rings (SSSR count). The van der Waals surface area contributed by atoms with Crippen LogP contribution in [0, 0.1) is 0 Å². The van der Waals surface area contributed by atoms with Crippen LogP contribution in [0.2, 0.25) is 0 Å². The fraction of sp³-hybridized carbons (Fsp3) is 0.333. The predicted octanol–water partition coefficient (Wildman–Crippen LogP) is 2.88. The third-order valence-electron chi connectivity index (χ3n) is 5.14. The molecule has 0 saturated heterocycles. The van der Waals surface area contributed by atoms with E-state index in [9.17, 15) is 18.0 Å². The third-order valence-corrected chi connectivity index (χ3v) is 7.20. The number of aryl methyl sites for hydroxylation is 1. The molecule has 2 aromatic carbocycles. The highest BCUT2D eigenvalue weighted by Crippen LogP contribution is 2.29. The maximum Gasteiger partial charge on any atom is 0.255 e. The van der Waals surface area contributed by atoms with Crippen molar-refractivity contribution in [3.63, 3.8) is 0 Å². The molecular formula is C21H25N3O4S. The summed E-state index contributed by atoms with van der Waals surface area (Å²) in [6.45, 7) is 4.35. The molecule has 2 amide bonds. The van der Waals surface area contributed by atoms with E-state index < -0.39 is 10.0 Å². The number of nitrogens with zero attached hydrogens (tertiary/aromatic N) is 2. The molecule has 7 nitrogen and oxygen atoms in total. The van der Waals surface area contributed by atoms with Crippen LogP contribution < -0.4 is 10.2 Å². The first-order chi connectivity index (χ1) is 13.8. The van der Waals surface area contributed by atoms with Crippen LogP contribution in [0.15, 0.2) is 47.4 Å². The Morgan fingerprint density at radius 3 is 2.34 bits per heavy atom. The molecule has 0 bridgehead atoms. The quantitative estimate of drug-likeness (QED) is 0.786. The van der Waals surface area contributed by atoms with Crippen LogP contribution in [0.4, 0.5) is 11.4 Å². The molecular weight excluding hydrogens is 390 g/mol. The van der Waals surface area contributed by atoms with Gasteiger partial charge in [0.2, 0.25) is 15.9 Å². The van der Waals surface area contributed by atoms with E-state index in [-0.39, 0.29) is 16.7 Å². The minimum Gasteiger partial charge on any atom is -0.322 e. The van der Waals surface area contributed by atoms with Gasteiger partial charge in [0.1, 0.15) is 0 Å². The molecule has 8 heteroatoms. The van der Waals surface area contributed by atoms with Crippen LogP contribution in [-0.4, -0.2) is 44.7 Å². The lowest BCUT2D eigenvalue weighted by Gasteiger charge is -2.26. The Labute approximate surface area is 171 Å². The van der Waals surface area contributed by atoms with E-state index in [1.807, 2.05) is 12.1 Å². The first-order valence-electron chi connectivity index (χ1n) is 9.59. The molecule has 0 aliphatic carbocycles. The summed E-state index contributed by atoms with van der Waals surface area (Å²) in [5, 5.41) is 2.84. The molecule has 0 spiro atoms. The lowest BCUT2D eigenvalue weighted by atomic mass is 10.0. The Hall–Kier alpha value is -2.71. The summed E-state index contributed by atoms with van der Waals surface area (Å²) < 4.78 is 26.5. The van der Waals surface area contributed by atoms with Gasteiger partial charge in [-0.3, -0.25) is 9.59 Å². The number of carbonyl (C=O) groups excluding carboxylic acids is 2. The second kappa shape index (κ2) is 8.34. The van der Waals surface area contributed by atoms with Gasteiger partial charge in [-0.05, 0) is 54.4 Å². The maximum absolute atomic E-state index is 12.6. The fourth-order valence-corrected chi connectivity index (χ4v) is 4.89. The number of hydrogen-bond donors (Lipinski definition) is 1. The van der Waals surface area contributed by atoms with Crippen LogP contribution in [0.5, 0.6) is 0 Å². The highest BCUT2D eigenvalue weighted by atomic mass is 32.2. The van der Waals surface area contributed by atoms with Gasteiger partial charge in [-0.1, -0.05) is 13.8 Å². The Morgan fingerprint density at radius 1 is 1.07 bits per heavy atom. The Balaban J connectivity index is 1.76. The molecule has 1 N–H and O–H groups in total. The van der Waals surface area contributed by atoms with Gasteiger partial charge in [-0.25, -0.2) is 8.42 Å². The predicted molar refractivity (Wildman–Crippen MR) is 113 cm³/mol. The molecule has 1 aliphatic heterocycles. The lowest BCUT2D eigenvalue weighted by molar-refractivity contribution is -0.118. The molecule has 1 aliphatic rings. The van der Waals surface area contributed by atoms with E-state index in [1.165, 1.54) is 28.6 Å². The SMILES string of the molecule is CCN(CC)S(=O)(=O)c1ccc(C(=O)Nc2ccc3c(c2)CCC(=O)N3C)cc1. The molecule has 0 fully saturated rings. The highest BCUT2D eigenvalue weighted by molar-refractivity contribution is 7.89. The van der Waals surface area contributed by atoms with E-state index in [0.29, 0.717) is 37.2 Å². The molecule has 0 atom stereocenters. The van der Waals surface area contributed by atoms with E-state index in [0.717, 1.165) is 11.3 Å². The number of nitrogens with one attached hydrogen (secondary N) is 1. The van der Waals surface area contributed by atoms with Crippen LogP contribution >= 0.6 is 0 Å². The monoisotopic (exact) mass is 415 g/mol. The van der Waals surface area contributed by atoms with Gasteiger partial charge < -0.3 is 10.2 Å². The number of sulfonamides is 1. The van der Waals surface area contributed by atoms with Gasteiger partial charge in [0.15, 0.2) is 0 Å². The molecule has 1 heterocycles. The summed E-state index contributed by atoms with van der Waals surface area (Å²) >= 11 is 0. The molecule has 154 valence electrons. The summed E-state index contributed by atoms with van der Waals surface area (Å²) in [5.74, 6) is -0.244. The number of amides is 2. The molecule has 29 heavy (non-hydrogen) atoms. The third kappa shape index (κ3) is 4.18. The maximum atomic E-state index is 12.6. The van der Waals surface area contributed by atoms with E-state index in [1.54, 1.807) is 31.9 Å². The van der Waals surface area contributed by atoms with Gasteiger partial charge in [-0.2, -0.15) is 4.31 Å². The second-order valence-electron chi connectivity index (χ2n) is 6.86. The second-order valence-corrected chi connectivity index (χ2v) is 8.80. The molecule has 2 aromatic rings.